The fourth-order valence-electron chi connectivity index (χ4n) is 0.634. The summed E-state index contributed by atoms with van der Waals surface area (Å²) in [6, 6.07) is 4.55. The van der Waals surface area contributed by atoms with Crippen LogP contribution in [0.3, 0.4) is 0 Å². The van der Waals surface area contributed by atoms with Crippen molar-refractivity contribution >= 4 is 6.08 Å². The van der Waals surface area contributed by atoms with Gasteiger partial charge in [0.05, 0.1) is 17.3 Å². The van der Waals surface area contributed by atoms with E-state index in [9.17, 15) is 10.1 Å². The zero-order valence-electron chi connectivity index (χ0n) is 5.93. The van der Waals surface area contributed by atoms with Gasteiger partial charge in [-0.1, -0.05) is 0 Å². The molecule has 0 saturated carbocycles. The van der Waals surface area contributed by atoms with E-state index in [0.29, 0.717) is 5.76 Å². The SMILES string of the molecule is N#C/C(=C\c1ccco1)[N+](=O)[O-]. The number of allylic oxidation sites excluding steroid dienone is 1. The van der Waals surface area contributed by atoms with Gasteiger partial charge in [-0.25, -0.2) is 0 Å². The predicted octanol–water partition coefficient (Wildman–Crippen LogP) is 1.42. The van der Waals surface area contributed by atoms with Crippen molar-refractivity contribution in [2.24, 2.45) is 0 Å². The fraction of sp³-hybridized carbons (Fsp3) is 0. The molecule has 0 saturated heterocycles. The molecule has 0 aliphatic rings. The average Bonchev–Trinajstić information content (AvgIpc) is 2.51. The Bertz CT molecular complexity index is 345. The molecule has 0 fully saturated rings. The molecular formula is C7H4N2O3. The Hall–Kier alpha value is -2.09. The van der Waals surface area contributed by atoms with Crippen molar-refractivity contribution < 1.29 is 9.34 Å². The summed E-state index contributed by atoms with van der Waals surface area (Å²) in [4.78, 5) is 9.37. The number of rotatable bonds is 2. The van der Waals surface area contributed by atoms with Crippen LogP contribution in [0.5, 0.6) is 0 Å². The monoisotopic (exact) mass is 164 g/mol. The average molecular weight is 164 g/mol. The van der Waals surface area contributed by atoms with Crippen LogP contribution >= 0.6 is 0 Å². The fourth-order valence-corrected chi connectivity index (χ4v) is 0.634. The van der Waals surface area contributed by atoms with Gasteiger partial charge < -0.3 is 4.42 Å². The van der Waals surface area contributed by atoms with Gasteiger partial charge in [0.2, 0.25) is 0 Å². The first kappa shape index (κ1) is 8.01. The Morgan fingerprint density at radius 2 is 2.58 bits per heavy atom. The van der Waals surface area contributed by atoms with Gasteiger partial charge in [0.15, 0.2) is 6.07 Å². The zero-order valence-corrected chi connectivity index (χ0v) is 5.93. The third-order valence-corrected chi connectivity index (χ3v) is 1.13. The molecule has 0 atom stereocenters. The lowest BCUT2D eigenvalue weighted by molar-refractivity contribution is -0.415. The van der Waals surface area contributed by atoms with Gasteiger partial charge in [-0.15, -0.1) is 0 Å². The highest BCUT2D eigenvalue weighted by Crippen LogP contribution is 2.06. The lowest BCUT2D eigenvalue weighted by Crippen LogP contribution is -1.94. The second-order valence-corrected chi connectivity index (χ2v) is 1.91. The summed E-state index contributed by atoms with van der Waals surface area (Å²) in [5.74, 6) is 0.295. The first-order valence-corrected chi connectivity index (χ1v) is 3.03. The van der Waals surface area contributed by atoms with Crippen LogP contribution in [0, 0.1) is 21.4 Å². The van der Waals surface area contributed by atoms with Gasteiger partial charge in [0, 0.05) is 0 Å². The van der Waals surface area contributed by atoms with Gasteiger partial charge in [-0.2, -0.15) is 5.26 Å². The summed E-state index contributed by atoms with van der Waals surface area (Å²) < 4.78 is 4.78. The number of nitro groups is 1. The largest absolute Gasteiger partial charge is 0.465 e. The van der Waals surface area contributed by atoms with Crippen molar-refractivity contribution in [3.8, 4) is 6.07 Å². The molecule has 0 amide bonds. The van der Waals surface area contributed by atoms with E-state index < -0.39 is 10.6 Å². The quantitative estimate of drug-likeness (QED) is 0.376. The Kier molecular flexibility index (Phi) is 2.23. The molecule has 0 aromatic carbocycles. The number of furan rings is 1. The maximum Gasteiger partial charge on any atom is 0.349 e. The molecule has 0 spiro atoms. The number of nitriles is 1. The lowest BCUT2D eigenvalue weighted by Gasteiger charge is -1.83. The minimum absolute atomic E-state index is 0.295. The summed E-state index contributed by atoms with van der Waals surface area (Å²) in [7, 11) is 0. The van der Waals surface area contributed by atoms with Crippen molar-refractivity contribution in [3.63, 3.8) is 0 Å². The molecule has 1 aromatic heterocycles. The Morgan fingerprint density at radius 3 is 3.00 bits per heavy atom. The number of nitrogens with zero attached hydrogens (tertiary/aromatic N) is 2. The summed E-state index contributed by atoms with van der Waals surface area (Å²) in [6.07, 6.45) is 2.45. The normalized spacial score (nSPS) is 10.8. The highest BCUT2D eigenvalue weighted by molar-refractivity contribution is 5.48. The van der Waals surface area contributed by atoms with E-state index in [0.717, 1.165) is 6.08 Å². The van der Waals surface area contributed by atoms with Crippen LogP contribution in [-0.2, 0) is 0 Å². The van der Waals surface area contributed by atoms with Crippen molar-refractivity contribution in [3.05, 3.63) is 40.0 Å². The molecule has 0 aliphatic heterocycles. The molecular weight excluding hydrogens is 160 g/mol. The van der Waals surface area contributed by atoms with Crippen LogP contribution < -0.4 is 0 Å². The highest BCUT2D eigenvalue weighted by atomic mass is 16.6. The predicted molar refractivity (Wildman–Crippen MR) is 39.3 cm³/mol. The minimum atomic E-state index is -0.761. The topological polar surface area (TPSA) is 80.1 Å². The van der Waals surface area contributed by atoms with E-state index in [1.54, 1.807) is 6.07 Å². The van der Waals surface area contributed by atoms with Crippen molar-refractivity contribution in [1.29, 1.82) is 5.26 Å². The number of hydrogen-bond donors (Lipinski definition) is 0. The summed E-state index contributed by atoms with van der Waals surface area (Å²) >= 11 is 0. The van der Waals surface area contributed by atoms with E-state index in [2.05, 4.69) is 0 Å². The van der Waals surface area contributed by atoms with Crippen molar-refractivity contribution in [2.45, 2.75) is 0 Å². The molecule has 0 N–H and O–H groups in total. The minimum Gasteiger partial charge on any atom is -0.465 e. The maximum atomic E-state index is 10.1. The summed E-state index contributed by atoms with van der Waals surface area (Å²) in [6.45, 7) is 0. The van der Waals surface area contributed by atoms with E-state index in [-0.39, 0.29) is 0 Å². The van der Waals surface area contributed by atoms with Crippen LogP contribution in [-0.4, -0.2) is 4.92 Å². The third-order valence-electron chi connectivity index (χ3n) is 1.13. The summed E-state index contributed by atoms with van der Waals surface area (Å²) in [5.41, 5.74) is -0.537. The molecule has 5 nitrogen and oxygen atoms in total. The highest BCUT2D eigenvalue weighted by Gasteiger charge is 2.09. The maximum absolute atomic E-state index is 10.1. The Balaban J connectivity index is 2.95. The van der Waals surface area contributed by atoms with Crippen LogP contribution in [0.2, 0.25) is 0 Å². The van der Waals surface area contributed by atoms with E-state index in [4.69, 9.17) is 9.68 Å². The molecule has 1 aromatic rings. The molecule has 0 unspecified atom stereocenters. The van der Waals surface area contributed by atoms with Gasteiger partial charge in [0.1, 0.15) is 5.76 Å². The van der Waals surface area contributed by atoms with E-state index in [1.165, 1.54) is 18.4 Å². The van der Waals surface area contributed by atoms with Gasteiger partial charge in [0.25, 0.3) is 0 Å². The van der Waals surface area contributed by atoms with Gasteiger partial charge >= 0.3 is 5.70 Å². The van der Waals surface area contributed by atoms with Gasteiger partial charge in [-0.3, -0.25) is 10.1 Å². The van der Waals surface area contributed by atoms with Crippen LogP contribution in [0.4, 0.5) is 0 Å². The van der Waals surface area contributed by atoms with Crippen molar-refractivity contribution in [2.75, 3.05) is 0 Å². The Labute approximate surface area is 67.7 Å². The standard InChI is InChI=1S/C7H4N2O3/c8-5-6(9(10)11)4-7-2-1-3-12-7/h1-4H/b6-4+. The molecule has 60 valence electrons. The van der Waals surface area contributed by atoms with Crippen LogP contribution in [0.15, 0.2) is 28.5 Å². The lowest BCUT2D eigenvalue weighted by atomic mass is 10.3. The van der Waals surface area contributed by atoms with Gasteiger partial charge in [-0.05, 0) is 12.1 Å². The number of hydrogen-bond acceptors (Lipinski definition) is 4. The Morgan fingerprint density at radius 1 is 1.83 bits per heavy atom. The third kappa shape index (κ3) is 1.70. The van der Waals surface area contributed by atoms with Crippen LogP contribution in [0.25, 0.3) is 6.08 Å². The van der Waals surface area contributed by atoms with Crippen LogP contribution in [0.1, 0.15) is 5.76 Å². The first-order chi connectivity index (χ1) is 5.74. The molecule has 5 heteroatoms. The van der Waals surface area contributed by atoms with E-state index in [1.807, 2.05) is 0 Å². The summed E-state index contributed by atoms with van der Waals surface area (Å²) in [5, 5.41) is 18.4. The molecule has 1 rings (SSSR count). The molecule has 0 bridgehead atoms. The van der Waals surface area contributed by atoms with E-state index >= 15 is 0 Å². The van der Waals surface area contributed by atoms with Crippen molar-refractivity contribution in [1.82, 2.24) is 0 Å². The molecule has 0 radical (unpaired) electrons. The smallest absolute Gasteiger partial charge is 0.349 e. The second kappa shape index (κ2) is 3.34. The molecule has 12 heavy (non-hydrogen) atoms. The molecule has 0 aliphatic carbocycles. The first-order valence-electron chi connectivity index (χ1n) is 3.03. The molecule has 1 heterocycles. The second-order valence-electron chi connectivity index (χ2n) is 1.91. The zero-order chi connectivity index (χ0) is 8.97.